The summed E-state index contributed by atoms with van der Waals surface area (Å²) in [6, 6.07) is 0.225. The van der Waals surface area contributed by atoms with Gasteiger partial charge in [-0.25, -0.2) is 4.79 Å². The summed E-state index contributed by atoms with van der Waals surface area (Å²) in [6.45, 7) is 8.76. The molecule has 0 radical (unpaired) electrons. The highest BCUT2D eigenvalue weighted by molar-refractivity contribution is 5.75. The number of nitrogens with zero attached hydrogens (tertiary/aromatic N) is 5. The van der Waals surface area contributed by atoms with Crippen LogP contribution in [-0.2, 0) is 13.6 Å². The lowest BCUT2D eigenvalue weighted by molar-refractivity contribution is 0.539. The van der Waals surface area contributed by atoms with E-state index in [2.05, 4.69) is 30.3 Å². The molecule has 0 saturated carbocycles. The molecular formula is C18H27N5O2. The number of aryl methyl sites for hydroxylation is 2. The molecule has 7 nitrogen and oxygen atoms in total. The zero-order valence-electron chi connectivity index (χ0n) is 15.7. The molecule has 0 aliphatic carbocycles. The maximum absolute atomic E-state index is 13.0. The topological polar surface area (TPSA) is 66.2 Å². The number of rotatable bonds is 6. The summed E-state index contributed by atoms with van der Waals surface area (Å²) in [6.07, 6.45) is 6.02. The molecule has 3 aromatic heterocycles. The van der Waals surface area contributed by atoms with Gasteiger partial charge in [-0.1, -0.05) is 26.2 Å². The van der Waals surface area contributed by atoms with Crippen LogP contribution in [0.1, 0.15) is 58.2 Å². The molecule has 25 heavy (non-hydrogen) atoms. The van der Waals surface area contributed by atoms with E-state index in [-0.39, 0.29) is 17.3 Å². The van der Waals surface area contributed by atoms with E-state index in [0.29, 0.717) is 23.5 Å². The normalized spacial score (nSPS) is 12.1. The largest absolute Gasteiger partial charge is 0.332 e. The maximum atomic E-state index is 13.0. The highest BCUT2D eigenvalue weighted by atomic mass is 16.2. The first-order valence-electron chi connectivity index (χ1n) is 9.07. The number of fused-ring (bicyclic) bond motifs is 3. The van der Waals surface area contributed by atoms with E-state index in [0.717, 1.165) is 31.4 Å². The molecule has 0 amide bonds. The molecule has 3 rings (SSSR count). The first kappa shape index (κ1) is 17.5. The number of unbranched alkanes of at least 4 members (excludes halogenated alkanes) is 3. The Kier molecular flexibility index (Phi) is 4.58. The lowest BCUT2D eigenvalue weighted by atomic mass is 10.2. The summed E-state index contributed by atoms with van der Waals surface area (Å²) < 4.78 is 6.75. The molecule has 0 N–H and O–H groups in total. The molecule has 0 unspecified atom stereocenters. The van der Waals surface area contributed by atoms with Crippen molar-refractivity contribution in [2.45, 2.75) is 66.0 Å². The van der Waals surface area contributed by atoms with E-state index < -0.39 is 0 Å². The van der Waals surface area contributed by atoms with Gasteiger partial charge in [-0.2, -0.15) is 4.98 Å². The zero-order valence-corrected chi connectivity index (χ0v) is 15.7. The summed E-state index contributed by atoms with van der Waals surface area (Å²) in [4.78, 5) is 30.2. The molecular weight excluding hydrogens is 318 g/mol. The minimum Gasteiger partial charge on any atom is -0.312 e. The van der Waals surface area contributed by atoms with Crippen LogP contribution in [0.15, 0.2) is 15.8 Å². The van der Waals surface area contributed by atoms with Crippen LogP contribution in [0, 0.1) is 6.92 Å². The SMILES string of the molecule is CCCCCCn1c(=O)c2c(nc3n(C(C)C)c(C)cn23)n(C)c1=O. The van der Waals surface area contributed by atoms with Gasteiger partial charge in [0, 0.05) is 31.5 Å². The van der Waals surface area contributed by atoms with Crippen LogP contribution < -0.4 is 11.2 Å². The minimum absolute atomic E-state index is 0.225. The molecule has 0 atom stereocenters. The second kappa shape index (κ2) is 6.54. The molecule has 7 heteroatoms. The van der Waals surface area contributed by atoms with Crippen molar-refractivity contribution < 1.29 is 0 Å². The van der Waals surface area contributed by atoms with E-state index in [4.69, 9.17) is 0 Å². The lowest BCUT2D eigenvalue weighted by Gasteiger charge is -2.09. The highest BCUT2D eigenvalue weighted by Crippen LogP contribution is 2.20. The van der Waals surface area contributed by atoms with E-state index in [1.165, 1.54) is 9.13 Å². The molecule has 0 bridgehead atoms. The minimum atomic E-state index is -0.289. The summed E-state index contributed by atoms with van der Waals surface area (Å²) in [7, 11) is 1.69. The Morgan fingerprint density at radius 1 is 1.16 bits per heavy atom. The average Bonchev–Trinajstić information content (AvgIpc) is 3.06. The molecule has 0 aliphatic heterocycles. The first-order valence-corrected chi connectivity index (χ1v) is 9.07. The highest BCUT2D eigenvalue weighted by Gasteiger charge is 2.20. The van der Waals surface area contributed by atoms with Gasteiger partial charge < -0.3 is 4.57 Å². The van der Waals surface area contributed by atoms with Gasteiger partial charge in [0.15, 0.2) is 11.2 Å². The van der Waals surface area contributed by atoms with Gasteiger partial charge in [-0.15, -0.1) is 0 Å². The van der Waals surface area contributed by atoms with Crippen molar-refractivity contribution in [3.63, 3.8) is 0 Å². The molecule has 0 aromatic carbocycles. The number of aromatic nitrogens is 5. The fraction of sp³-hybridized carbons (Fsp3) is 0.611. The van der Waals surface area contributed by atoms with Gasteiger partial charge in [-0.3, -0.25) is 18.3 Å². The van der Waals surface area contributed by atoms with Crippen molar-refractivity contribution in [2.75, 3.05) is 0 Å². The van der Waals surface area contributed by atoms with Crippen LogP contribution in [0.5, 0.6) is 0 Å². The van der Waals surface area contributed by atoms with Crippen molar-refractivity contribution >= 4 is 16.9 Å². The van der Waals surface area contributed by atoms with Crippen molar-refractivity contribution in [1.29, 1.82) is 0 Å². The Balaban J connectivity index is 2.24. The summed E-state index contributed by atoms with van der Waals surface area (Å²) in [5.74, 6) is 0.707. The smallest absolute Gasteiger partial charge is 0.312 e. The lowest BCUT2D eigenvalue weighted by Crippen LogP contribution is -2.39. The van der Waals surface area contributed by atoms with Gasteiger partial charge in [0.1, 0.15) is 0 Å². The predicted molar refractivity (Wildman–Crippen MR) is 99.5 cm³/mol. The quantitative estimate of drug-likeness (QED) is 0.645. The van der Waals surface area contributed by atoms with E-state index in [9.17, 15) is 9.59 Å². The Morgan fingerprint density at radius 3 is 2.52 bits per heavy atom. The molecule has 3 heterocycles. The zero-order chi connectivity index (χ0) is 18.3. The van der Waals surface area contributed by atoms with Crippen LogP contribution in [0.3, 0.4) is 0 Å². The second-order valence-electron chi connectivity index (χ2n) is 7.05. The van der Waals surface area contributed by atoms with Crippen LogP contribution >= 0.6 is 0 Å². The fourth-order valence-corrected chi connectivity index (χ4v) is 3.56. The molecule has 136 valence electrons. The van der Waals surface area contributed by atoms with Crippen LogP contribution in [0.4, 0.5) is 0 Å². The van der Waals surface area contributed by atoms with Crippen molar-refractivity contribution in [1.82, 2.24) is 23.1 Å². The van der Waals surface area contributed by atoms with Crippen molar-refractivity contribution in [2.24, 2.45) is 7.05 Å². The second-order valence-corrected chi connectivity index (χ2v) is 7.05. The summed E-state index contributed by atoms with van der Waals surface area (Å²) in [5.41, 5.74) is 1.44. The Bertz CT molecular complexity index is 1030. The third-order valence-electron chi connectivity index (χ3n) is 4.82. The number of imidazole rings is 2. The molecule has 0 spiro atoms. The standard InChI is InChI=1S/C18H27N5O2/c1-6-7-8-9-10-21-16(24)14-15(20(5)18(21)25)19-17-22(14)11-13(4)23(17)12(2)3/h11-12H,6-10H2,1-5H3. The fourth-order valence-electron chi connectivity index (χ4n) is 3.56. The molecule has 0 fully saturated rings. The summed E-state index contributed by atoms with van der Waals surface area (Å²) >= 11 is 0. The first-order chi connectivity index (χ1) is 11.9. The summed E-state index contributed by atoms with van der Waals surface area (Å²) in [5, 5.41) is 0. The number of hydrogen-bond acceptors (Lipinski definition) is 3. The molecule has 3 aromatic rings. The Labute approximate surface area is 146 Å². The average molecular weight is 345 g/mol. The number of hydrogen-bond donors (Lipinski definition) is 0. The van der Waals surface area contributed by atoms with Gasteiger partial charge in [0.05, 0.1) is 0 Å². The Morgan fingerprint density at radius 2 is 1.88 bits per heavy atom. The van der Waals surface area contributed by atoms with Crippen LogP contribution in [-0.4, -0.2) is 23.1 Å². The van der Waals surface area contributed by atoms with E-state index >= 15 is 0 Å². The van der Waals surface area contributed by atoms with Gasteiger partial charge in [0.2, 0.25) is 5.78 Å². The third kappa shape index (κ3) is 2.71. The monoisotopic (exact) mass is 345 g/mol. The van der Waals surface area contributed by atoms with Gasteiger partial charge in [0.25, 0.3) is 5.56 Å². The van der Waals surface area contributed by atoms with E-state index in [1.807, 2.05) is 17.5 Å². The maximum Gasteiger partial charge on any atom is 0.332 e. The van der Waals surface area contributed by atoms with Crippen LogP contribution in [0.2, 0.25) is 0 Å². The molecule has 0 aliphatic rings. The van der Waals surface area contributed by atoms with Crippen molar-refractivity contribution in [3.05, 3.63) is 32.7 Å². The van der Waals surface area contributed by atoms with Crippen molar-refractivity contribution in [3.8, 4) is 0 Å². The van der Waals surface area contributed by atoms with Crippen LogP contribution in [0.25, 0.3) is 16.9 Å². The third-order valence-corrected chi connectivity index (χ3v) is 4.82. The van der Waals surface area contributed by atoms with Gasteiger partial charge in [-0.05, 0) is 27.2 Å². The predicted octanol–water partition coefficient (Wildman–Crippen LogP) is 2.62. The van der Waals surface area contributed by atoms with E-state index in [1.54, 1.807) is 7.05 Å². The molecule has 0 saturated heterocycles. The van der Waals surface area contributed by atoms with Gasteiger partial charge >= 0.3 is 5.69 Å². The Hall–Kier alpha value is -2.31.